The molecule has 1 aromatic carbocycles. The van der Waals surface area contributed by atoms with Crippen molar-refractivity contribution in [3.63, 3.8) is 0 Å². The van der Waals surface area contributed by atoms with Crippen molar-refractivity contribution in [2.45, 2.75) is 39.2 Å². The molecule has 0 saturated carbocycles. The van der Waals surface area contributed by atoms with Crippen LogP contribution in [0.2, 0.25) is 0 Å². The van der Waals surface area contributed by atoms with E-state index in [2.05, 4.69) is 5.32 Å². The van der Waals surface area contributed by atoms with Crippen molar-refractivity contribution >= 4 is 17.7 Å². The summed E-state index contributed by atoms with van der Waals surface area (Å²) in [5.74, 6) is -0.392. The van der Waals surface area contributed by atoms with E-state index in [9.17, 15) is 9.59 Å². The number of hydrogen-bond donors (Lipinski definition) is 1. The third-order valence-corrected chi connectivity index (χ3v) is 2.71. The summed E-state index contributed by atoms with van der Waals surface area (Å²) in [5.41, 5.74) is 0.659. The van der Waals surface area contributed by atoms with Gasteiger partial charge in [0.25, 0.3) is 5.91 Å². The zero-order chi connectivity index (χ0) is 14.8. The van der Waals surface area contributed by atoms with Gasteiger partial charge in [0, 0.05) is 5.69 Å². The predicted octanol–water partition coefficient (Wildman–Crippen LogP) is 3.36. The summed E-state index contributed by atoms with van der Waals surface area (Å²) >= 11 is 0. The first-order valence-electron chi connectivity index (χ1n) is 6.84. The summed E-state index contributed by atoms with van der Waals surface area (Å²) in [6.45, 7) is 3.61. The van der Waals surface area contributed by atoms with E-state index in [1.807, 2.05) is 19.9 Å². The summed E-state index contributed by atoms with van der Waals surface area (Å²) in [7, 11) is 0. The molecule has 0 radical (unpaired) electrons. The molecular weight excluding hydrogens is 258 g/mol. The first-order chi connectivity index (χ1) is 9.65. The molecule has 1 N–H and O–H groups in total. The van der Waals surface area contributed by atoms with Crippen LogP contribution in [0.25, 0.3) is 0 Å². The van der Waals surface area contributed by atoms with E-state index >= 15 is 0 Å². The maximum Gasteiger partial charge on any atom is 0.509 e. The van der Waals surface area contributed by atoms with Gasteiger partial charge in [-0.3, -0.25) is 4.79 Å². The molecule has 20 heavy (non-hydrogen) atoms. The molecule has 0 aliphatic carbocycles. The van der Waals surface area contributed by atoms with E-state index in [1.165, 1.54) is 0 Å². The summed E-state index contributed by atoms with van der Waals surface area (Å²) < 4.78 is 9.88. The van der Waals surface area contributed by atoms with E-state index in [0.717, 1.165) is 19.3 Å². The Kier molecular flexibility index (Phi) is 7.17. The second-order valence-corrected chi connectivity index (χ2v) is 4.39. The molecule has 0 aromatic heterocycles. The molecule has 110 valence electrons. The third-order valence-electron chi connectivity index (χ3n) is 2.71. The zero-order valence-corrected chi connectivity index (χ0v) is 11.9. The number of hydrogen-bond acceptors (Lipinski definition) is 4. The number of ether oxygens (including phenoxy) is 2. The van der Waals surface area contributed by atoms with Crippen molar-refractivity contribution in [2.24, 2.45) is 0 Å². The lowest BCUT2D eigenvalue weighted by atomic mass is 10.2. The Balaban J connectivity index is 2.28. The molecule has 1 amide bonds. The lowest BCUT2D eigenvalue weighted by Crippen LogP contribution is -2.24. The van der Waals surface area contributed by atoms with Gasteiger partial charge in [-0.15, -0.1) is 0 Å². The van der Waals surface area contributed by atoms with E-state index < -0.39 is 12.1 Å². The van der Waals surface area contributed by atoms with E-state index in [-0.39, 0.29) is 12.7 Å². The van der Waals surface area contributed by atoms with Gasteiger partial charge in [-0.05, 0) is 25.0 Å². The fraction of sp³-hybridized carbons (Fsp3) is 0.467. The molecular formula is C15H21NO4. The average Bonchev–Trinajstić information content (AvgIpc) is 2.45. The number of benzene rings is 1. The van der Waals surface area contributed by atoms with Gasteiger partial charge in [-0.2, -0.15) is 0 Å². The van der Waals surface area contributed by atoms with Crippen LogP contribution in [0.3, 0.4) is 0 Å². The van der Waals surface area contributed by atoms with Crippen LogP contribution in [0.4, 0.5) is 10.5 Å². The number of anilines is 1. The van der Waals surface area contributed by atoms with Crippen LogP contribution in [0, 0.1) is 0 Å². The molecule has 0 saturated heterocycles. The normalized spacial score (nSPS) is 11.5. The standard InChI is InChI=1S/C15H21NO4/c1-3-8-13(4-2)20-15(18)19-11-14(17)16-12-9-6-5-7-10-12/h5-7,9-10,13H,3-4,8,11H2,1-2H3,(H,16,17). The molecule has 0 bridgehead atoms. The highest BCUT2D eigenvalue weighted by Gasteiger charge is 2.14. The maximum atomic E-state index is 11.6. The van der Waals surface area contributed by atoms with E-state index in [1.54, 1.807) is 24.3 Å². The predicted molar refractivity (Wildman–Crippen MR) is 76.5 cm³/mol. The van der Waals surface area contributed by atoms with Gasteiger partial charge in [0.05, 0.1) is 0 Å². The van der Waals surface area contributed by atoms with Gasteiger partial charge < -0.3 is 14.8 Å². The van der Waals surface area contributed by atoms with E-state index in [0.29, 0.717) is 5.69 Å². The average molecular weight is 279 g/mol. The number of carbonyl (C=O) groups is 2. The first-order valence-corrected chi connectivity index (χ1v) is 6.84. The van der Waals surface area contributed by atoms with Gasteiger partial charge in [0.1, 0.15) is 6.10 Å². The number of para-hydroxylation sites is 1. The first kappa shape index (κ1) is 16.0. The molecule has 0 heterocycles. The van der Waals surface area contributed by atoms with Gasteiger partial charge in [-0.1, -0.05) is 38.5 Å². The maximum absolute atomic E-state index is 11.6. The SMILES string of the molecule is CCCC(CC)OC(=O)OCC(=O)Nc1ccccc1. The quantitative estimate of drug-likeness (QED) is 0.777. The largest absolute Gasteiger partial charge is 0.509 e. The summed E-state index contributed by atoms with van der Waals surface area (Å²) in [6.07, 6.45) is 1.51. The van der Waals surface area contributed by atoms with Crippen LogP contribution in [0.1, 0.15) is 33.1 Å². The minimum atomic E-state index is -0.798. The minimum absolute atomic E-state index is 0.148. The fourth-order valence-electron chi connectivity index (χ4n) is 1.68. The summed E-state index contributed by atoms with van der Waals surface area (Å²) in [5, 5.41) is 2.62. The monoisotopic (exact) mass is 279 g/mol. The molecule has 0 aliphatic rings. The molecule has 0 spiro atoms. The van der Waals surface area contributed by atoms with Crippen molar-refractivity contribution < 1.29 is 19.1 Å². The Morgan fingerprint density at radius 2 is 1.90 bits per heavy atom. The third kappa shape index (κ3) is 6.22. The van der Waals surface area contributed by atoms with E-state index in [4.69, 9.17) is 9.47 Å². The van der Waals surface area contributed by atoms with Crippen molar-refractivity contribution in [3.05, 3.63) is 30.3 Å². The molecule has 1 atom stereocenters. The summed E-state index contributed by atoms with van der Waals surface area (Å²) in [4.78, 5) is 23.0. The van der Waals surface area contributed by atoms with Crippen LogP contribution in [0.15, 0.2) is 30.3 Å². The molecule has 0 aliphatic heterocycles. The zero-order valence-electron chi connectivity index (χ0n) is 11.9. The number of nitrogens with one attached hydrogen (secondary N) is 1. The molecule has 1 rings (SSSR count). The highest BCUT2D eigenvalue weighted by atomic mass is 16.7. The van der Waals surface area contributed by atoms with Crippen LogP contribution in [-0.2, 0) is 14.3 Å². The van der Waals surface area contributed by atoms with Gasteiger partial charge in [-0.25, -0.2) is 4.79 Å². The topological polar surface area (TPSA) is 64.6 Å². The molecule has 5 heteroatoms. The molecule has 1 aromatic rings. The van der Waals surface area contributed by atoms with Crippen LogP contribution in [0.5, 0.6) is 0 Å². The second kappa shape index (κ2) is 8.96. The Morgan fingerprint density at radius 1 is 1.20 bits per heavy atom. The number of carbonyl (C=O) groups excluding carboxylic acids is 2. The van der Waals surface area contributed by atoms with Gasteiger partial charge >= 0.3 is 6.16 Å². The number of rotatable bonds is 7. The lowest BCUT2D eigenvalue weighted by molar-refractivity contribution is -0.120. The van der Waals surface area contributed by atoms with Crippen molar-refractivity contribution in [1.82, 2.24) is 0 Å². The molecule has 5 nitrogen and oxygen atoms in total. The lowest BCUT2D eigenvalue weighted by Gasteiger charge is -2.14. The Hall–Kier alpha value is -2.04. The fourth-order valence-corrected chi connectivity index (χ4v) is 1.68. The van der Waals surface area contributed by atoms with Gasteiger partial charge in [0.2, 0.25) is 0 Å². The minimum Gasteiger partial charge on any atom is -0.431 e. The highest BCUT2D eigenvalue weighted by Crippen LogP contribution is 2.08. The van der Waals surface area contributed by atoms with Crippen molar-refractivity contribution in [1.29, 1.82) is 0 Å². The van der Waals surface area contributed by atoms with Crippen LogP contribution in [-0.4, -0.2) is 24.8 Å². The Bertz CT molecular complexity index is 419. The van der Waals surface area contributed by atoms with Crippen molar-refractivity contribution in [3.8, 4) is 0 Å². The van der Waals surface area contributed by atoms with Gasteiger partial charge in [0.15, 0.2) is 6.61 Å². The second-order valence-electron chi connectivity index (χ2n) is 4.39. The number of amides is 1. The van der Waals surface area contributed by atoms with Crippen LogP contribution >= 0.6 is 0 Å². The Labute approximate surface area is 119 Å². The molecule has 0 fully saturated rings. The summed E-state index contributed by atoms with van der Waals surface area (Å²) in [6, 6.07) is 8.97. The van der Waals surface area contributed by atoms with Crippen LogP contribution < -0.4 is 5.32 Å². The smallest absolute Gasteiger partial charge is 0.431 e. The van der Waals surface area contributed by atoms with Crippen molar-refractivity contribution in [2.75, 3.05) is 11.9 Å². The highest BCUT2D eigenvalue weighted by molar-refractivity contribution is 5.92. The molecule has 1 unspecified atom stereocenters. The Morgan fingerprint density at radius 3 is 2.50 bits per heavy atom.